The van der Waals surface area contributed by atoms with Gasteiger partial charge in [0, 0.05) is 12.8 Å². The van der Waals surface area contributed by atoms with E-state index in [4.69, 9.17) is 10.5 Å². The van der Waals surface area contributed by atoms with E-state index in [0.29, 0.717) is 38.6 Å². The maximum Gasteiger partial charge on any atom is 0.326 e. The lowest BCUT2D eigenvalue weighted by atomic mass is 10.0. The quantitative estimate of drug-likeness (QED) is 0.0335. The van der Waals surface area contributed by atoms with Gasteiger partial charge in [-0.3, -0.25) is 9.59 Å². The summed E-state index contributed by atoms with van der Waals surface area (Å²) >= 11 is 0. The molecule has 0 aliphatic rings. The number of carbonyl (C=O) groups excluding carboxylic acids is 2. The highest BCUT2D eigenvalue weighted by Gasteiger charge is 2.19. The summed E-state index contributed by atoms with van der Waals surface area (Å²) < 4.78 is 5.92. The number of ether oxygens (including phenoxy) is 1. The lowest BCUT2D eigenvalue weighted by molar-refractivity contribution is -0.150. The number of unbranched alkanes of at least 4 members (excludes halogenated alkanes) is 15. The number of aliphatic carboxylic acids is 1. The molecule has 0 fully saturated rings. The first-order valence-corrected chi connectivity index (χ1v) is 21.0. The molecule has 0 saturated heterocycles. The molecule has 7 heteroatoms. The van der Waals surface area contributed by atoms with E-state index in [1.165, 1.54) is 70.6 Å². The molecule has 0 aromatic heterocycles. The Balaban J connectivity index is 3.93. The number of hydrogen-bond acceptors (Lipinski definition) is 5. The molecule has 294 valence electrons. The number of esters is 1. The van der Waals surface area contributed by atoms with Crippen molar-refractivity contribution in [3.63, 3.8) is 0 Å². The number of allylic oxidation sites excluding steroid dienone is 8. The van der Waals surface area contributed by atoms with E-state index in [-0.39, 0.29) is 18.0 Å². The van der Waals surface area contributed by atoms with Crippen LogP contribution in [-0.4, -0.2) is 41.6 Å². The first-order valence-electron chi connectivity index (χ1n) is 21.0. The Kier molecular flexibility index (Phi) is 36.5. The average molecular weight is 715 g/mol. The fraction of sp³-hybridized carbons (Fsp3) is 0.750. The van der Waals surface area contributed by atoms with Crippen LogP contribution in [0.5, 0.6) is 0 Å². The van der Waals surface area contributed by atoms with Crippen LogP contribution in [0.3, 0.4) is 0 Å². The number of carboxylic acids is 1. The summed E-state index contributed by atoms with van der Waals surface area (Å²) in [6, 6.07) is -0.874. The number of nitrogens with two attached hydrogens (primary N) is 1. The molecule has 51 heavy (non-hydrogen) atoms. The maximum atomic E-state index is 12.6. The number of nitrogens with one attached hydrogen (secondary N) is 1. The van der Waals surface area contributed by atoms with Gasteiger partial charge in [0.2, 0.25) is 5.91 Å². The molecule has 2 unspecified atom stereocenters. The van der Waals surface area contributed by atoms with Crippen molar-refractivity contribution < 1.29 is 24.2 Å². The highest BCUT2D eigenvalue weighted by molar-refractivity contribution is 5.83. The van der Waals surface area contributed by atoms with E-state index < -0.39 is 12.0 Å². The Morgan fingerprint density at radius 2 is 1.08 bits per heavy atom. The zero-order valence-electron chi connectivity index (χ0n) is 32.9. The van der Waals surface area contributed by atoms with Crippen LogP contribution in [0, 0.1) is 0 Å². The second-order valence-electron chi connectivity index (χ2n) is 14.0. The summed E-state index contributed by atoms with van der Waals surface area (Å²) in [5.41, 5.74) is 5.47. The van der Waals surface area contributed by atoms with Gasteiger partial charge in [0.1, 0.15) is 12.1 Å². The molecule has 7 nitrogen and oxygen atoms in total. The van der Waals surface area contributed by atoms with Crippen LogP contribution in [0.15, 0.2) is 48.6 Å². The molecule has 0 aliphatic heterocycles. The molecule has 0 radical (unpaired) electrons. The van der Waals surface area contributed by atoms with Crippen LogP contribution in [-0.2, 0) is 19.1 Å². The zero-order chi connectivity index (χ0) is 37.5. The summed E-state index contributed by atoms with van der Waals surface area (Å²) in [5.74, 6) is -1.32. The Bertz CT molecular complexity index is 942. The van der Waals surface area contributed by atoms with E-state index in [2.05, 4.69) is 67.8 Å². The van der Waals surface area contributed by atoms with Crippen LogP contribution in [0.2, 0.25) is 0 Å². The molecule has 1 amide bonds. The van der Waals surface area contributed by atoms with Crippen molar-refractivity contribution in [1.82, 2.24) is 5.32 Å². The first-order chi connectivity index (χ1) is 24.9. The monoisotopic (exact) mass is 715 g/mol. The van der Waals surface area contributed by atoms with Crippen molar-refractivity contribution in [3.8, 4) is 0 Å². The fourth-order valence-electron chi connectivity index (χ4n) is 6.03. The summed E-state index contributed by atoms with van der Waals surface area (Å²) in [5, 5.41) is 11.9. The lowest BCUT2D eigenvalue weighted by Crippen LogP contribution is -2.40. The average Bonchev–Trinajstić information content (AvgIpc) is 3.11. The minimum atomic E-state index is -1.02. The second-order valence-corrected chi connectivity index (χ2v) is 14.0. The van der Waals surface area contributed by atoms with Gasteiger partial charge in [-0.05, 0) is 96.4 Å². The van der Waals surface area contributed by atoms with E-state index in [9.17, 15) is 19.5 Å². The Morgan fingerprint density at radius 3 is 1.63 bits per heavy atom. The topological polar surface area (TPSA) is 119 Å². The van der Waals surface area contributed by atoms with Crippen molar-refractivity contribution in [2.24, 2.45) is 5.73 Å². The first kappa shape index (κ1) is 48.3. The van der Waals surface area contributed by atoms with Gasteiger partial charge in [-0.2, -0.15) is 0 Å². The number of hydrogen-bond donors (Lipinski definition) is 3. The highest BCUT2D eigenvalue weighted by atomic mass is 16.5. The minimum absolute atomic E-state index is 0.0512. The smallest absolute Gasteiger partial charge is 0.326 e. The predicted octanol–water partition coefficient (Wildman–Crippen LogP) is 11.6. The van der Waals surface area contributed by atoms with Crippen LogP contribution in [0.1, 0.15) is 194 Å². The molecule has 0 spiro atoms. The van der Waals surface area contributed by atoms with Crippen LogP contribution in [0.4, 0.5) is 0 Å². The molecule has 0 saturated carbocycles. The number of carbonyl (C=O) groups is 3. The fourth-order valence-corrected chi connectivity index (χ4v) is 6.03. The second kappa shape index (κ2) is 38.6. The molecule has 4 N–H and O–H groups in total. The summed E-state index contributed by atoms with van der Waals surface area (Å²) in [7, 11) is 0. The normalized spacial score (nSPS) is 13.2. The Hall–Kier alpha value is -2.67. The highest BCUT2D eigenvalue weighted by Crippen LogP contribution is 2.18. The molecular formula is C44H78N2O5. The zero-order valence-corrected chi connectivity index (χ0v) is 32.9. The molecule has 0 bridgehead atoms. The molecule has 0 aromatic carbocycles. The van der Waals surface area contributed by atoms with Crippen molar-refractivity contribution in [3.05, 3.63) is 48.6 Å². The van der Waals surface area contributed by atoms with E-state index in [1.54, 1.807) is 0 Å². The van der Waals surface area contributed by atoms with Crippen LogP contribution < -0.4 is 11.1 Å². The third-order valence-corrected chi connectivity index (χ3v) is 9.16. The van der Waals surface area contributed by atoms with E-state index in [0.717, 1.165) is 77.0 Å². The van der Waals surface area contributed by atoms with Gasteiger partial charge in [-0.25, -0.2) is 4.79 Å². The molecule has 0 heterocycles. The Labute approximate surface area is 313 Å². The number of amides is 1. The van der Waals surface area contributed by atoms with Crippen molar-refractivity contribution in [1.29, 1.82) is 0 Å². The third kappa shape index (κ3) is 35.5. The largest absolute Gasteiger partial charge is 0.480 e. The SMILES string of the molecule is CC/C=C\C/C=C\C/C=C\C/C=C\CCCCCCCCCCCCC(=O)OC(CCCCCC)CCCCCC(=O)NC(CCCN)C(=O)O. The van der Waals surface area contributed by atoms with Gasteiger partial charge < -0.3 is 20.9 Å². The molecule has 0 rings (SSSR count). The maximum absolute atomic E-state index is 12.6. The van der Waals surface area contributed by atoms with Gasteiger partial charge in [0.05, 0.1) is 0 Å². The summed E-state index contributed by atoms with van der Waals surface area (Å²) in [6.45, 7) is 4.76. The number of carboxylic acid groups (broad SMARTS) is 1. The standard InChI is InChI=1S/C44H78N2O5/c1-3-5-7-9-10-11-12-13-14-15-16-17-18-19-20-21-22-23-24-25-26-27-32-38-43(48)51-40(34-29-8-6-4-2)35-30-28-31-37-42(47)46-41(44(49)50)36-33-39-45/h5,7,10-11,13-14,16-17,40-41H,3-4,6,8-9,12,15,18-39,45H2,1-2H3,(H,46,47)(H,49,50)/b7-5-,11-10-,14-13-,17-16-. The minimum Gasteiger partial charge on any atom is -0.480 e. The van der Waals surface area contributed by atoms with Crippen molar-refractivity contribution >= 4 is 17.8 Å². The Morgan fingerprint density at radius 1 is 0.588 bits per heavy atom. The third-order valence-electron chi connectivity index (χ3n) is 9.16. The molecule has 2 atom stereocenters. The van der Waals surface area contributed by atoms with Crippen molar-refractivity contribution in [2.45, 2.75) is 206 Å². The molecular weight excluding hydrogens is 636 g/mol. The van der Waals surface area contributed by atoms with Crippen LogP contribution in [0.25, 0.3) is 0 Å². The van der Waals surface area contributed by atoms with Gasteiger partial charge in [-0.1, -0.05) is 140 Å². The van der Waals surface area contributed by atoms with Gasteiger partial charge in [-0.15, -0.1) is 0 Å². The van der Waals surface area contributed by atoms with Crippen molar-refractivity contribution in [2.75, 3.05) is 6.54 Å². The van der Waals surface area contributed by atoms with E-state index in [1.807, 2.05) is 0 Å². The lowest BCUT2D eigenvalue weighted by Gasteiger charge is -2.18. The van der Waals surface area contributed by atoms with Crippen LogP contribution >= 0.6 is 0 Å². The summed E-state index contributed by atoms with van der Waals surface area (Å²) in [4.78, 5) is 36.2. The predicted molar refractivity (Wildman–Crippen MR) is 216 cm³/mol. The van der Waals surface area contributed by atoms with E-state index >= 15 is 0 Å². The van der Waals surface area contributed by atoms with Gasteiger partial charge >= 0.3 is 11.9 Å². The van der Waals surface area contributed by atoms with Gasteiger partial charge in [0.25, 0.3) is 0 Å². The number of rotatable bonds is 37. The summed E-state index contributed by atoms with van der Waals surface area (Å²) in [6.07, 6.45) is 46.1. The molecule has 0 aliphatic carbocycles. The van der Waals surface area contributed by atoms with Gasteiger partial charge in [0.15, 0.2) is 0 Å². The molecule has 0 aromatic rings.